The molecule has 0 saturated carbocycles. The van der Waals surface area contributed by atoms with Crippen molar-refractivity contribution in [2.75, 3.05) is 44.3 Å². The molecule has 1 aliphatic rings. The Morgan fingerprint density at radius 2 is 1.77 bits per heavy atom. The summed E-state index contributed by atoms with van der Waals surface area (Å²) in [7, 11) is 0. The van der Waals surface area contributed by atoms with Crippen molar-refractivity contribution in [3.63, 3.8) is 0 Å². The second-order valence-electron chi connectivity index (χ2n) is 8.34. The number of esters is 1. The van der Waals surface area contributed by atoms with Gasteiger partial charge in [0.1, 0.15) is 17.5 Å². The Bertz CT molecular complexity index is 1280. The zero-order chi connectivity index (χ0) is 24.8. The van der Waals surface area contributed by atoms with Gasteiger partial charge < -0.3 is 19.3 Å². The summed E-state index contributed by atoms with van der Waals surface area (Å²) in [6.45, 7) is 5.87. The zero-order valence-corrected chi connectivity index (χ0v) is 20.0. The topological polar surface area (TPSA) is 95.8 Å². The van der Waals surface area contributed by atoms with Crippen molar-refractivity contribution in [3.8, 4) is 6.07 Å². The van der Waals surface area contributed by atoms with Crippen molar-refractivity contribution in [1.29, 1.82) is 5.26 Å². The van der Waals surface area contributed by atoms with Crippen LogP contribution >= 0.6 is 0 Å². The highest BCUT2D eigenvalue weighted by atomic mass is 16.6. The Morgan fingerprint density at radius 1 is 1.03 bits per heavy atom. The van der Waals surface area contributed by atoms with Crippen LogP contribution < -0.4 is 4.90 Å². The van der Waals surface area contributed by atoms with Crippen LogP contribution in [0, 0.1) is 18.3 Å². The summed E-state index contributed by atoms with van der Waals surface area (Å²) in [6.07, 6.45) is 0.300. The molecule has 0 spiro atoms. The first-order chi connectivity index (χ1) is 17.0. The van der Waals surface area contributed by atoms with E-state index in [4.69, 9.17) is 9.47 Å². The highest BCUT2D eigenvalue weighted by Crippen LogP contribution is 2.24. The lowest BCUT2D eigenvalue weighted by molar-refractivity contribution is 0.0526. The summed E-state index contributed by atoms with van der Waals surface area (Å²) in [6, 6.07) is 18.0. The van der Waals surface area contributed by atoms with Crippen LogP contribution in [0.2, 0.25) is 0 Å². The van der Waals surface area contributed by atoms with Gasteiger partial charge in [0.15, 0.2) is 0 Å². The van der Waals surface area contributed by atoms with Gasteiger partial charge in [-0.15, -0.1) is 0 Å². The number of nitriles is 1. The number of pyridine rings is 1. The number of fused-ring (bicyclic) bond motifs is 1. The lowest BCUT2D eigenvalue weighted by Crippen LogP contribution is -2.49. The van der Waals surface area contributed by atoms with Gasteiger partial charge in [0, 0.05) is 32.6 Å². The van der Waals surface area contributed by atoms with E-state index in [0.29, 0.717) is 56.3 Å². The fraction of sp³-hybridized carbons (Fsp3) is 0.333. The van der Waals surface area contributed by atoms with Crippen LogP contribution in [0.1, 0.15) is 34.1 Å². The fourth-order valence-electron chi connectivity index (χ4n) is 4.15. The molecule has 0 N–H and O–H groups in total. The van der Waals surface area contributed by atoms with Crippen LogP contribution in [-0.2, 0) is 15.9 Å². The molecule has 1 aliphatic heterocycles. The quantitative estimate of drug-likeness (QED) is 0.499. The Balaban J connectivity index is 1.34. The van der Waals surface area contributed by atoms with Crippen molar-refractivity contribution in [2.24, 2.45) is 0 Å². The first-order valence-electron chi connectivity index (χ1n) is 11.7. The zero-order valence-electron chi connectivity index (χ0n) is 20.0. The molecule has 2 aromatic carbocycles. The SMILES string of the molecule is CCOC(=O)c1cc(C#N)c(C)nc1N1CCN(C(=O)OCCc2ccc3ccccc3c2)CC1. The molecule has 1 fully saturated rings. The minimum Gasteiger partial charge on any atom is -0.462 e. The minimum atomic E-state index is -0.512. The standard InChI is InChI=1S/C27H28N4O4/c1-3-34-26(32)24-17-23(18-28)19(2)29-25(24)30-11-13-31(14-12-30)27(33)35-15-10-20-8-9-21-6-4-5-7-22(21)16-20/h4-9,16-17H,3,10-15H2,1-2H3. The summed E-state index contributed by atoms with van der Waals surface area (Å²) in [5.41, 5.74) is 2.27. The van der Waals surface area contributed by atoms with E-state index >= 15 is 0 Å². The lowest BCUT2D eigenvalue weighted by Gasteiger charge is -2.35. The third-order valence-electron chi connectivity index (χ3n) is 6.08. The number of amides is 1. The normalized spacial score (nSPS) is 13.4. The van der Waals surface area contributed by atoms with Crippen LogP contribution in [0.3, 0.4) is 0 Å². The molecule has 0 unspecified atom stereocenters. The maximum absolute atomic E-state index is 12.6. The van der Waals surface area contributed by atoms with Crippen molar-refractivity contribution >= 4 is 28.7 Å². The number of hydrogen-bond acceptors (Lipinski definition) is 7. The van der Waals surface area contributed by atoms with Crippen molar-refractivity contribution < 1.29 is 19.1 Å². The minimum absolute atomic E-state index is 0.229. The number of anilines is 1. The van der Waals surface area contributed by atoms with E-state index in [2.05, 4.69) is 41.4 Å². The monoisotopic (exact) mass is 472 g/mol. The smallest absolute Gasteiger partial charge is 0.409 e. The maximum Gasteiger partial charge on any atom is 0.409 e. The van der Waals surface area contributed by atoms with E-state index in [1.807, 2.05) is 17.0 Å². The maximum atomic E-state index is 12.6. The molecule has 180 valence electrons. The van der Waals surface area contributed by atoms with Crippen LogP contribution in [0.25, 0.3) is 10.8 Å². The molecule has 4 rings (SSSR count). The fourth-order valence-corrected chi connectivity index (χ4v) is 4.15. The van der Waals surface area contributed by atoms with E-state index in [9.17, 15) is 14.9 Å². The number of benzene rings is 2. The van der Waals surface area contributed by atoms with Gasteiger partial charge in [-0.2, -0.15) is 5.26 Å². The van der Waals surface area contributed by atoms with E-state index < -0.39 is 5.97 Å². The number of ether oxygens (including phenoxy) is 2. The Hall–Kier alpha value is -4.12. The molecular weight excluding hydrogens is 444 g/mol. The average molecular weight is 473 g/mol. The van der Waals surface area contributed by atoms with E-state index in [0.717, 1.165) is 5.56 Å². The van der Waals surface area contributed by atoms with Gasteiger partial charge >= 0.3 is 12.1 Å². The Labute approximate surface area is 204 Å². The summed E-state index contributed by atoms with van der Waals surface area (Å²) in [5.74, 6) is -0.0358. The molecule has 8 heteroatoms. The van der Waals surface area contributed by atoms with Gasteiger partial charge in [0.2, 0.25) is 0 Å². The first-order valence-corrected chi connectivity index (χ1v) is 11.7. The van der Waals surface area contributed by atoms with Crippen molar-refractivity contribution in [3.05, 3.63) is 70.9 Å². The summed E-state index contributed by atoms with van der Waals surface area (Å²) >= 11 is 0. The van der Waals surface area contributed by atoms with Crippen LogP contribution in [0.15, 0.2) is 48.5 Å². The molecule has 0 atom stereocenters. The average Bonchev–Trinajstić information content (AvgIpc) is 2.88. The molecule has 8 nitrogen and oxygen atoms in total. The molecule has 3 aromatic rings. The summed E-state index contributed by atoms with van der Waals surface area (Å²) in [5, 5.41) is 11.7. The highest BCUT2D eigenvalue weighted by Gasteiger charge is 2.27. The second-order valence-corrected chi connectivity index (χ2v) is 8.34. The highest BCUT2D eigenvalue weighted by molar-refractivity contribution is 5.95. The number of carbonyl (C=O) groups is 2. The second kappa shape index (κ2) is 10.9. The predicted molar refractivity (Wildman–Crippen MR) is 132 cm³/mol. The molecule has 1 amide bonds. The van der Waals surface area contributed by atoms with Gasteiger partial charge in [-0.1, -0.05) is 42.5 Å². The van der Waals surface area contributed by atoms with Gasteiger partial charge in [-0.05, 0) is 36.2 Å². The molecule has 0 aliphatic carbocycles. The molecule has 0 bridgehead atoms. The molecule has 2 heterocycles. The number of nitrogens with zero attached hydrogens (tertiary/aromatic N) is 4. The van der Waals surface area contributed by atoms with Crippen molar-refractivity contribution in [2.45, 2.75) is 20.3 Å². The third-order valence-corrected chi connectivity index (χ3v) is 6.08. The molecular formula is C27H28N4O4. The number of piperazine rings is 1. The third kappa shape index (κ3) is 5.52. The van der Waals surface area contributed by atoms with Crippen molar-refractivity contribution in [1.82, 2.24) is 9.88 Å². The van der Waals surface area contributed by atoms with Crippen LogP contribution in [0.4, 0.5) is 10.6 Å². The number of carbonyl (C=O) groups excluding carboxylic acids is 2. The largest absolute Gasteiger partial charge is 0.462 e. The van der Waals surface area contributed by atoms with Gasteiger partial charge in [-0.3, -0.25) is 0 Å². The van der Waals surface area contributed by atoms with Crippen LogP contribution in [-0.4, -0.2) is 61.3 Å². The van der Waals surface area contributed by atoms with E-state index in [1.165, 1.54) is 16.8 Å². The number of rotatable bonds is 6. The Morgan fingerprint density at radius 3 is 2.49 bits per heavy atom. The van der Waals surface area contributed by atoms with Gasteiger partial charge in [-0.25, -0.2) is 14.6 Å². The van der Waals surface area contributed by atoms with Crippen LogP contribution in [0.5, 0.6) is 0 Å². The molecule has 1 aromatic heterocycles. The number of aryl methyl sites for hydroxylation is 1. The Kier molecular flexibility index (Phi) is 7.46. The molecule has 1 saturated heterocycles. The molecule has 35 heavy (non-hydrogen) atoms. The summed E-state index contributed by atoms with van der Waals surface area (Å²) < 4.78 is 10.7. The number of aromatic nitrogens is 1. The predicted octanol–water partition coefficient (Wildman–Crippen LogP) is 4.09. The summed E-state index contributed by atoms with van der Waals surface area (Å²) in [4.78, 5) is 33.2. The van der Waals surface area contributed by atoms with Gasteiger partial charge in [0.25, 0.3) is 0 Å². The number of hydrogen-bond donors (Lipinski definition) is 0. The van der Waals surface area contributed by atoms with E-state index in [-0.39, 0.29) is 18.3 Å². The lowest BCUT2D eigenvalue weighted by atomic mass is 10.1. The first kappa shape index (κ1) is 24.0. The van der Waals surface area contributed by atoms with E-state index in [1.54, 1.807) is 18.7 Å². The molecule has 0 radical (unpaired) electrons. The van der Waals surface area contributed by atoms with Gasteiger partial charge in [0.05, 0.1) is 24.5 Å².